The van der Waals surface area contributed by atoms with Crippen molar-refractivity contribution in [2.45, 2.75) is 49.9 Å². The molecule has 2 unspecified atom stereocenters. The fourth-order valence-electron chi connectivity index (χ4n) is 7.59. The van der Waals surface area contributed by atoms with E-state index < -0.39 is 48.2 Å². The van der Waals surface area contributed by atoms with Crippen LogP contribution in [-0.2, 0) is 23.9 Å². The first-order valence-corrected chi connectivity index (χ1v) is 19.8. The van der Waals surface area contributed by atoms with Gasteiger partial charge >= 0.3 is 12.2 Å². The van der Waals surface area contributed by atoms with Gasteiger partial charge in [0, 0.05) is 35.4 Å². The number of carbonyl (C=O) groups is 6. The zero-order valence-electron chi connectivity index (χ0n) is 31.9. The molecule has 2 saturated heterocycles. The molecular weight excluding hydrogens is 824 g/mol. The number of amides is 6. The summed E-state index contributed by atoms with van der Waals surface area (Å²) in [5.74, 6) is -1.15. The second-order valence-electron chi connectivity index (χ2n) is 14.2. The van der Waals surface area contributed by atoms with Gasteiger partial charge in [-0.2, -0.15) is 0 Å². The maximum absolute atomic E-state index is 13.8. The minimum absolute atomic E-state index is 0.316. The number of nitrogens with zero attached hydrogens (tertiary/aromatic N) is 2. The van der Waals surface area contributed by atoms with E-state index in [4.69, 9.17) is 9.15 Å². The SMILES string of the molecule is COC(=O)NC(C(=O)N1CCCC1C(=O)Nc1ccc2oc(-c3ccc(NC(=O)[C@@H]4CCCN4C(=O)[C@H](NC(=O)O)c4ccccc4)cc3)c(Br)c2c1)c1ccccc1. The Morgan fingerprint density at radius 3 is 1.75 bits per heavy atom. The number of hydrogen-bond donors (Lipinski definition) is 5. The molecule has 3 heterocycles. The maximum Gasteiger partial charge on any atom is 0.407 e. The quantitative estimate of drug-likeness (QED) is 0.0945. The van der Waals surface area contributed by atoms with Crippen molar-refractivity contribution < 1.29 is 43.0 Å². The van der Waals surface area contributed by atoms with E-state index in [1.807, 2.05) is 0 Å². The van der Waals surface area contributed by atoms with E-state index in [0.717, 1.165) is 0 Å². The van der Waals surface area contributed by atoms with Crippen molar-refractivity contribution in [3.05, 3.63) is 119 Å². The number of nitrogens with one attached hydrogen (secondary N) is 4. The topological polar surface area (TPSA) is 200 Å². The molecule has 16 heteroatoms. The summed E-state index contributed by atoms with van der Waals surface area (Å²) in [5.41, 5.74) is 3.29. The number of alkyl carbamates (subject to hydrolysis) is 1. The molecule has 2 aliphatic rings. The number of likely N-dealkylation sites (tertiary alicyclic amines) is 2. The number of anilines is 2. The van der Waals surface area contributed by atoms with Crippen LogP contribution in [0, 0.1) is 0 Å². The Kier molecular flexibility index (Phi) is 12.3. The van der Waals surface area contributed by atoms with E-state index in [2.05, 4.69) is 37.2 Å². The van der Waals surface area contributed by atoms with Crippen molar-refractivity contribution >= 4 is 74.1 Å². The van der Waals surface area contributed by atoms with E-state index in [-0.39, 0.29) is 11.8 Å². The molecule has 0 saturated carbocycles. The van der Waals surface area contributed by atoms with Gasteiger partial charge in [0.2, 0.25) is 11.8 Å². The molecule has 4 atom stereocenters. The highest BCUT2D eigenvalue weighted by atomic mass is 79.9. The summed E-state index contributed by atoms with van der Waals surface area (Å²) in [6.07, 6.45) is -0.0247. The smallest absolute Gasteiger partial charge is 0.407 e. The fourth-order valence-corrected chi connectivity index (χ4v) is 8.21. The van der Waals surface area contributed by atoms with Gasteiger partial charge in [-0.05, 0) is 95.2 Å². The maximum atomic E-state index is 13.8. The third-order valence-corrected chi connectivity index (χ3v) is 11.2. The molecule has 7 rings (SSSR count). The number of furan rings is 1. The molecule has 0 aliphatic carbocycles. The third kappa shape index (κ3) is 8.92. The number of carboxylic acid groups (broad SMARTS) is 1. The number of fused-ring (bicyclic) bond motifs is 1. The molecule has 5 aromatic rings. The molecule has 1 aromatic heterocycles. The van der Waals surface area contributed by atoms with Crippen LogP contribution in [0.5, 0.6) is 0 Å². The van der Waals surface area contributed by atoms with Crippen LogP contribution in [0.1, 0.15) is 48.9 Å². The number of hydrogen-bond acceptors (Lipinski definition) is 8. The molecule has 304 valence electrons. The molecule has 0 radical (unpaired) electrons. The van der Waals surface area contributed by atoms with Gasteiger partial charge in [0.1, 0.15) is 35.5 Å². The van der Waals surface area contributed by atoms with Gasteiger partial charge in [-0.1, -0.05) is 60.7 Å². The van der Waals surface area contributed by atoms with Crippen molar-refractivity contribution in [2.75, 3.05) is 30.8 Å². The van der Waals surface area contributed by atoms with Crippen LogP contribution < -0.4 is 21.3 Å². The number of ether oxygens (including phenoxy) is 1. The van der Waals surface area contributed by atoms with Crippen LogP contribution in [0.15, 0.2) is 112 Å². The highest BCUT2D eigenvalue weighted by Gasteiger charge is 2.40. The zero-order chi connectivity index (χ0) is 41.6. The normalized spacial score (nSPS) is 17.2. The first-order valence-electron chi connectivity index (χ1n) is 19.0. The summed E-state index contributed by atoms with van der Waals surface area (Å²) in [7, 11) is 1.22. The summed E-state index contributed by atoms with van der Waals surface area (Å²) in [6.45, 7) is 0.664. The van der Waals surface area contributed by atoms with E-state index >= 15 is 0 Å². The average Bonchev–Trinajstić information content (AvgIpc) is 4.02. The number of benzene rings is 4. The Labute approximate surface area is 347 Å². The van der Waals surface area contributed by atoms with Crippen molar-refractivity contribution in [1.29, 1.82) is 0 Å². The first kappa shape index (κ1) is 40.5. The van der Waals surface area contributed by atoms with Crippen molar-refractivity contribution in [3.63, 3.8) is 0 Å². The molecule has 59 heavy (non-hydrogen) atoms. The lowest BCUT2D eigenvalue weighted by Crippen LogP contribution is -2.48. The predicted molar refractivity (Wildman–Crippen MR) is 221 cm³/mol. The van der Waals surface area contributed by atoms with Crippen LogP contribution in [0.3, 0.4) is 0 Å². The largest absolute Gasteiger partial charge is 0.465 e. The lowest BCUT2D eigenvalue weighted by molar-refractivity contribution is -0.138. The highest BCUT2D eigenvalue weighted by Crippen LogP contribution is 2.39. The van der Waals surface area contributed by atoms with Crippen LogP contribution in [-0.4, -0.2) is 83.0 Å². The molecular formula is C43H41BrN6O9. The predicted octanol–water partition coefficient (Wildman–Crippen LogP) is 6.83. The Bertz CT molecular complexity index is 2370. The van der Waals surface area contributed by atoms with E-state index in [0.29, 0.717) is 88.0 Å². The summed E-state index contributed by atoms with van der Waals surface area (Å²) in [4.78, 5) is 81.2. The minimum atomic E-state index is -1.34. The van der Waals surface area contributed by atoms with Crippen molar-refractivity contribution in [3.8, 4) is 11.3 Å². The fraction of sp³-hybridized carbons (Fsp3) is 0.256. The van der Waals surface area contributed by atoms with E-state index in [1.54, 1.807) is 103 Å². The molecule has 15 nitrogen and oxygen atoms in total. The highest BCUT2D eigenvalue weighted by molar-refractivity contribution is 9.10. The summed E-state index contributed by atoms with van der Waals surface area (Å²) >= 11 is 3.66. The summed E-state index contributed by atoms with van der Waals surface area (Å²) < 4.78 is 11.6. The van der Waals surface area contributed by atoms with Gasteiger partial charge in [-0.15, -0.1) is 0 Å². The molecule has 2 aliphatic heterocycles. The Morgan fingerprint density at radius 1 is 0.712 bits per heavy atom. The molecule has 0 bridgehead atoms. The minimum Gasteiger partial charge on any atom is -0.465 e. The lowest BCUT2D eigenvalue weighted by atomic mass is 10.0. The first-order chi connectivity index (χ1) is 28.5. The average molecular weight is 866 g/mol. The van der Waals surface area contributed by atoms with Gasteiger partial charge in [0.25, 0.3) is 11.8 Å². The number of rotatable bonds is 11. The van der Waals surface area contributed by atoms with Crippen molar-refractivity contribution in [2.24, 2.45) is 0 Å². The lowest BCUT2D eigenvalue weighted by Gasteiger charge is -2.28. The molecule has 6 amide bonds. The molecule has 5 N–H and O–H groups in total. The zero-order valence-corrected chi connectivity index (χ0v) is 33.4. The second kappa shape index (κ2) is 17.9. The summed E-state index contributed by atoms with van der Waals surface area (Å²) in [5, 5.41) is 20.9. The second-order valence-corrected chi connectivity index (χ2v) is 15.0. The van der Waals surface area contributed by atoms with Gasteiger partial charge in [0.05, 0.1) is 11.6 Å². The van der Waals surface area contributed by atoms with Gasteiger partial charge in [-0.25, -0.2) is 9.59 Å². The van der Waals surface area contributed by atoms with Crippen LogP contribution >= 0.6 is 15.9 Å². The monoisotopic (exact) mass is 864 g/mol. The third-order valence-electron chi connectivity index (χ3n) is 10.5. The Balaban J connectivity index is 1.01. The standard InChI is InChI=1S/C43H41BrN6O9/c1-58-43(57)48-36(26-12-6-3-7-13-26)41(54)50-23-9-15-32(50)39(52)46-29-20-21-33-30(24-29)34(44)37(59-33)27-16-18-28(19-17-27)45-38(51)31-14-8-22-49(31)40(53)35(47-42(55)56)25-10-4-2-5-11-25/h2-7,10-13,16-21,24,31-32,35-36,47H,8-9,14-15,22-23H2,1H3,(H,45,51)(H,46,52)(H,48,57)(H,55,56)/t31-,32?,35+,36?/m0/s1. The number of halogens is 1. The summed E-state index contributed by atoms with van der Waals surface area (Å²) in [6, 6.07) is 25.8. The molecule has 0 spiro atoms. The van der Waals surface area contributed by atoms with Gasteiger partial charge in [0.15, 0.2) is 0 Å². The number of carbonyl (C=O) groups excluding carboxylic acids is 5. The van der Waals surface area contributed by atoms with E-state index in [9.17, 15) is 33.9 Å². The Morgan fingerprint density at radius 2 is 1.22 bits per heavy atom. The van der Waals surface area contributed by atoms with Crippen LogP contribution in [0.2, 0.25) is 0 Å². The van der Waals surface area contributed by atoms with E-state index in [1.165, 1.54) is 16.9 Å². The van der Waals surface area contributed by atoms with Crippen LogP contribution in [0.4, 0.5) is 21.0 Å². The van der Waals surface area contributed by atoms with Crippen molar-refractivity contribution in [1.82, 2.24) is 20.4 Å². The number of methoxy groups -OCH3 is 1. The molecule has 2 fully saturated rings. The van der Waals surface area contributed by atoms with Gasteiger partial charge in [-0.3, -0.25) is 19.2 Å². The Hall–Kier alpha value is -6.68. The van der Waals surface area contributed by atoms with Crippen LogP contribution in [0.25, 0.3) is 22.3 Å². The molecule has 4 aromatic carbocycles. The van der Waals surface area contributed by atoms with Gasteiger partial charge < -0.3 is 45.3 Å².